The quantitative estimate of drug-likeness (QED) is 0.662. The fourth-order valence-corrected chi connectivity index (χ4v) is 4.65. The molecule has 0 aromatic heterocycles. The molecule has 7 nitrogen and oxygen atoms in total. The molecule has 1 aliphatic heterocycles. The Morgan fingerprint density at radius 3 is 2.16 bits per heavy atom. The molecule has 7 heteroatoms. The molecule has 0 saturated heterocycles. The van der Waals surface area contributed by atoms with Crippen LogP contribution in [0.2, 0.25) is 0 Å². The van der Waals surface area contributed by atoms with Crippen molar-refractivity contribution in [1.29, 1.82) is 0 Å². The zero-order chi connectivity index (χ0) is 23.8. The Morgan fingerprint density at radius 2 is 1.66 bits per heavy atom. The number of benzene rings is 1. The van der Waals surface area contributed by atoms with Gasteiger partial charge in [0.15, 0.2) is 11.5 Å². The topological polar surface area (TPSA) is 83.1 Å². The van der Waals surface area contributed by atoms with Gasteiger partial charge in [0.25, 0.3) is 0 Å². The van der Waals surface area contributed by atoms with E-state index in [-0.39, 0.29) is 17.3 Å². The van der Waals surface area contributed by atoms with Crippen molar-refractivity contribution >= 4 is 11.8 Å². The molecular weight excluding hydrogens is 410 g/mol. The van der Waals surface area contributed by atoms with Gasteiger partial charge in [-0.05, 0) is 43.9 Å². The highest BCUT2D eigenvalue weighted by Gasteiger charge is 2.46. The first-order valence-electron chi connectivity index (χ1n) is 10.8. The molecule has 1 N–H and O–H groups in total. The summed E-state index contributed by atoms with van der Waals surface area (Å²) in [7, 11) is 4.62. The average molecular weight is 444 g/mol. The predicted molar refractivity (Wildman–Crippen MR) is 121 cm³/mol. The molecule has 2 aliphatic rings. The third-order valence-corrected chi connectivity index (χ3v) is 5.85. The van der Waals surface area contributed by atoms with E-state index in [1.165, 1.54) is 21.3 Å². The summed E-state index contributed by atoms with van der Waals surface area (Å²) in [5, 5.41) is 3.32. The van der Waals surface area contributed by atoms with Gasteiger partial charge in [0, 0.05) is 23.7 Å². The van der Waals surface area contributed by atoms with Gasteiger partial charge in [-0.25, -0.2) is 4.79 Å². The smallest absolute Gasteiger partial charge is 0.336 e. The van der Waals surface area contributed by atoms with Crippen LogP contribution in [0.1, 0.15) is 52.5 Å². The van der Waals surface area contributed by atoms with Crippen LogP contribution < -0.4 is 19.5 Å². The Kier molecular flexibility index (Phi) is 6.58. The van der Waals surface area contributed by atoms with E-state index in [4.69, 9.17) is 18.9 Å². The zero-order valence-electron chi connectivity index (χ0n) is 20.1. The van der Waals surface area contributed by atoms with Gasteiger partial charge in [0.2, 0.25) is 5.75 Å². The summed E-state index contributed by atoms with van der Waals surface area (Å²) in [6.07, 6.45) is 2.19. The van der Waals surface area contributed by atoms with Crippen molar-refractivity contribution in [3.8, 4) is 17.2 Å². The number of fused-ring (bicyclic) bond motifs is 1. The van der Waals surface area contributed by atoms with Crippen molar-refractivity contribution in [2.45, 2.75) is 53.1 Å². The van der Waals surface area contributed by atoms with Crippen LogP contribution in [0, 0.1) is 11.3 Å². The Morgan fingerprint density at radius 1 is 1.06 bits per heavy atom. The van der Waals surface area contributed by atoms with E-state index >= 15 is 0 Å². The number of hydrogen-bond donors (Lipinski definition) is 1. The molecule has 174 valence electrons. The van der Waals surface area contributed by atoms with Crippen LogP contribution in [0.4, 0.5) is 0 Å². The summed E-state index contributed by atoms with van der Waals surface area (Å²) in [6.45, 7) is 9.51. The largest absolute Gasteiger partial charge is 0.493 e. The minimum atomic E-state index is -0.550. The lowest BCUT2D eigenvalue weighted by Gasteiger charge is -2.41. The molecule has 1 aromatic rings. The van der Waals surface area contributed by atoms with Gasteiger partial charge in [-0.2, -0.15) is 0 Å². The summed E-state index contributed by atoms with van der Waals surface area (Å²) >= 11 is 0. The van der Waals surface area contributed by atoms with Crippen LogP contribution in [0.5, 0.6) is 17.2 Å². The van der Waals surface area contributed by atoms with E-state index in [2.05, 4.69) is 11.4 Å². The van der Waals surface area contributed by atoms with Gasteiger partial charge in [0.05, 0.1) is 38.9 Å². The third-order valence-electron chi connectivity index (χ3n) is 5.85. The highest BCUT2D eigenvalue weighted by Crippen LogP contribution is 2.50. The molecule has 0 saturated carbocycles. The van der Waals surface area contributed by atoms with Crippen LogP contribution in [0.25, 0.3) is 0 Å². The van der Waals surface area contributed by atoms with Crippen molar-refractivity contribution < 1.29 is 28.5 Å². The minimum absolute atomic E-state index is 0.0705. The van der Waals surface area contributed by atoms with Gasteiger partial charge in [-0.1, -0.05) is 19.9 Å². The number of hydrogen-bond acceptors (Lipinski definition) is 7. The van der Waals surface area contributed by atoms with Crippen molar-refractivity contribution in [3.63, 3.8) is 0 Å². The number of ketones is 1. The molecule has 0 bridgehead atoms. The SMILES string of the molecule is COc1cc(C2C(C(=O)OC(C)C)=C(C)NC3=CC(C)(C)CC(=O)C32)cc(OC)c1OC. The van der Waals surface area contributed by atoms with Crippen LogP contribution in [-0.4, -0.2) is 39.2 Å². The number of nitrogens with one attached hydrogen (secondary N) is 1. The standard InChI is InChI=1S/C25H33NO6/c1-13(2)32-24(28)20-14(3)26-16-11-25(4,5)12-17(27)22(16)21(20)15-9-18(29-6)23(31-8)19(10-15)30-7/h9-11,13,21-22,26H,12H2,1-8H3. The molecule has 0 amide bonds. The fraction of sp³-hybridized carbons (Fsp3) is 0.520. The van der Waals surface area contributed by atoms with Crippen molar-refractivity contribution in [2.24, 2.45) is 11.3 Å². The molecule has 0 spiro atoms. The van der Waals surface area contributed by atoms with E-state index in [0.29, 0.717) is 34.9 Å². The number of ether oxygens (including phenoxy) is 4. The number of carbonyl (C=O) groups is 2. The molecule has 0 radical (unpaired) electrons. The third kappa shape index (κ3) is 4.33. The molecule has 1 aliphatic carbocycles. The van der Waals surface area contributed by atoms with E-state index < -0.39 is 17.8 Å². The van der Waals surface area contributed by atoms with Gasteiger partial charge in [-0.3, -0.25) is 4.79 Å². The van der Waals surface area contributed by atoms with Crippen molar-refractivity contribution in [1.82, 2.24) is 5.32 Å². The lowest BCUT2D eigenvalue weighted by atomic mass is 9.66. The van der Waals surface area contributed by atoms with Crippen molar-refractivity contribution in [3.05, 3.63) is 40.7 Å². The molecule has 2 atom stereocenters. The van der Waals surface area contributed by atoms with Crippen LogP contribution in [0.3, 0.4) is 0 Å². The number of Topliss-reactive ketones (excluding diaryl/α,β-unsaturated/α-hetero) is 1. The predicted octanol–water partition coefficient (Wildman–Crippen LogP) is 4.12. The van der Waals surface area contributed by atoms with E-state index in [9.17, 15) is 9.59 Å². The minimum Gasteiger partial charge on any atom is -0.493 e. The van der Waals surface area contributed by atoms with Crippen LogP contribution in [0.15, 0.2) is 35.2 Å². The molecule has 1 aromatic carbocycles. The Hall–Kier alpha value is -2.96. The van der Waals surface area contributed by atoms with Crippen LogP contribution >= 0.6 is 0 Å². The summed E-state index contributed by atoms with van der Waals surface area (Å²) < 4.78 is 22.1. The van der Waals surface area contributed by atoms with E-state index in [1.807, 2.05) is 20.8 Å². The van der Waals surface area contributed by atoms with Gasteiger partial charge >= 0.3 is 5.97 Å². The van der Waals surface area contributed by atoms with Crippen LogP contribution in [-0.2, 0) is 14.3 Å². The Bertz CT molecular complexity index is 963. The first-order chi connectivity index (χ1) is 15.0. The molecule has 2 unspecified atom stereocenters. The second-order valence-corrected chi connectivity index (χ2v) is 9.26. The molecular formula is C25H33NO6. The second kappa shape index (κ2) is 8.88. The number of esters is 1. The average Bonchev–Trinajstić information content (AvgIpc) is 2.69. The number of allylic oxidation sites excluding steroid dienone is 3. The monoisotopic (exact) mass is 443 g/mol. The first-order valence-corrected chi connectivity index (χ1v) is 10.8. The lowest BCUT2D eigenvalue weighted by molar-refractivity contribution is -0.143. The summed E-state index contributed by atoms with van der Waals surface area (Å²) in [6, 6.07) is 3.61. The molecule has 0 fully saturated rings. The van der Waals surface area contributed by atoms with Gasteiger partial charge < -0.3 is 24.3 Å². The highest BCUT2D eigenvalue weighted by molar-refractivity contribution is 5.96. The molecule has 1 heterocycles. The first kappa shape index (κ1) is 23.7. The number of carbonyl (C=O) groups excluding carboxylic acids is 2. The second-order valence-electron chi connectivity index (χ2n) is 9.26. The Balaban J connectivity index is 2.27. The zero-order valence-corrected chi connectivity index (χ0v) is 20.1. The van der Waals surface area contributed by atoms with E-state index in [0.717, 1.165) is 11.3 Å². The summed E-state index contributed by atoms with van der Waals surface area (Å²) in [5.74, 6) is -0.0872. The number of methoxy groups -OCH3 is 3. The Labute approximate surface area is 189 Å². The highest BCUT2D eigenvalue weighted by atomic mass is 16.5. The van der Waals surface area contributed by atoms with Gasteiger partial charge in [0.1, 0.15) is 5.78 Å². The van der Waals surface area contributed by atoms with Gasteiger partial charge in [-0.15, -0.1) is 0 Å². The molecule has 32 heavy (non-hydrogen) atoms. The van der Waals surface area contributed by atoms with Crippen molar-refractivity contribution in [2.75, 3.05) is 21.3 Å². The molecule has 3 rings (SSSR count). The summed E-state index contributed by atoms with van der Waals surface area (Å²) in [5.41, 5.74) is 2.36. The maximum atomic E-state index is 13.4. The van der Waals surface area contributed by atoms with E-state index in [1.54, 1.807) is 26.0 Å². The number of rotatable bonds is 6. The normalized spacial score (nSPS) is 22.0. The lowest BCUT2D eigenvalue weighted by Crippen LogP contribution is -2.43. The maximum absolute atomic E-state index is 13.4. The summed E-state index contributed by atoms with van der Waals surface area (Å²) in [4.78, 5) is 26.6. The maximum Gasteiger partial charge on any atom is 0.336 e. The fourth-order valence-electron chi connectivity index (χ4n) is 4.65.